The monoisotopic (exact) mass is 348 g/mol. The van der Waals surface area contributed by atoms with Crippen LogP contribution in [0.25, 0.3) is 0 Å². The van der Waals surface area contributed by atoms with Crippen molar-refractivity contribution < 1.29 is 5.11 Å². The number of guanidine groups is 1. The molecule has 3 N–H and O–H groups in total. The van der Waals surface area contributed by atoms with Crippen LogP contribution in [0.1, 0.15) is 32.2 Å². The molecule has 2 aromatic rings. The number of hydrogen-bond acceptors (Lipinski definition) is 5. The van der Waals surface area contributed by atoms with E-state index in [2.05, 4.69) is 37.8 Å². The van der Waals surface area contributed by atoms with Crippen molar-refractivity contribution in [2.45, 2.75) is 39.3 Å². The van der Waals surface area contributed by atoms with Gasteiger partial charge in [-0.3, -0.25) is 4.68 Å². The van der Waals surface area contributed by atoms with Crippen molar-refractivity contribution in [3.63, 3.8) is 0 Å². The van der Waals surface area contributed by atoms with Crippen LogP contribution in [0.3, 0.4) is 0 Å². The number of aromatic nitrogens is 5. The predicted octanol–water partition coefficient (Wildman–Crippen LogP) is 0.0368. The number of aliphatic hydroxyl groups is 1. The highest BCUT2D eigenvalue weighted by Gasteiger charge is 2.24. The lowest BCUT2D eigenvalue weighted by Crippen LogP contribution is -2.40. The lowest BCUT2D eigenvalue weighted by Gasteiger charge is -2.20. The van der Waals surface area contributed by atoms with Crippen LogP contribution < -0.4 is 10.6 Å². The molecule has 0 aliphatic rings. The molecule has 1 atom stereocenters. The van der Waals surface area contributed by atoms with Crippen LogP contribution in [0.2, 0.25) is 0 Å². The largest absolute Gasteiger partial charge is 0.383 e. The maximum Gasteiger partial charge on any atom is 0.191 e. The number of rotatable bonds is 8. The molecule has 0 saturated carbocycles. The van der Waals surface area contributed by atoms with E-state index in [-0.39, 0.29) is 6.54 Å². The average molecular weight is 348 g/mol. The Bertz CT molecular complexity index is 688. The third-order valence-electron chi connectivity index (χ3n) is 3.87. The van der Waals surface area contributed by atoms with E-state index in [1.165, 1.54) is 0 Å². The lowest BCUT2D eigenvalue weighted by atomic mass is 10.0. The zero-order valence-corrected chi connectivity index (χ0v) is 15.4. The van der Waals surface area contributed by atoms with Gasteiger partial charge in [-0.2, -0.15) is 5.10 Å². The van der Waals surface area contributed by atoms with E-state index in [4.69, 9.17) is 0 Å². The summed E-state index contributed by atoms with van der Waals surface area (Å²) in [5.41, 5.74) is -0.327. The number of aryl methyl sites for hydroxylation is 2. The molecule has 0 amide bonds. The molecule has 0 aliphatic carbocycles. The van der Waals surface area contributed by atoms with E-state index in [0.717, 1.165) is 30.9 Å². The second-order valence-electron chi connectivity index (χ2n) is 6.09. The maximum atomic E-state index is 10.6. The van der Waals surface area contributed by atoms with Gasteiger partial charge in [-0.25, -0.2) is 4.99 Å². The summed E-state index contributed by atoms with van der Waals surface area (Å²) in [5.74, 6) is 1.63. The average Bonchev–Trinajstić information content (AvgIpc) is 3.21. The second-order valence-corrected chi connectivity index (χ2v) is 6.09. The Labute approximate surface area is 148 Å². The molecule has 1 unspecified atom stereocenters. The summed E-state index contributed by atoms with van der Waals surface area (Å²) in [7, 11) is 1.82. The summed E-state index contributed by atoms with van der Waals surface area (Å²) >= 11 is 0. The van der Waals surface area contributed by atoms with Gasteiger partial charge in [0.1, 0.15) is 17.8 Å². The fourth-order valence-corrected chi connectivity index (χ4v) is 2.40. The smallest absolute Gasteiger partial charge is 0.191 e. The Balaban J connectivity index is 1.93. The zero-order valence-electron chi connectivity index (χ0n) is 15.4. The third-order valence-corrected chi connectivity index (χ3v) is 3.87. The van der Waals surface area contributed by atoms with Crippen molar-refractivity contribution in [3.8, 4) is 0 Å². The van der Waals surface area contributed by atoms with Gasteiger partial charge in [0.05, 0.1) is 12.7 Å². The molecule has 0 fully saturated rings. The topological polar surface area (TPSA) is 105 Å². The summed E-state index contributed by atoms with van der Waals surface area (Å²) in [6.45, 7) is 8.22. The first-order valence-electron chi connectivity index (χ1n) is 8.56. The van der Waals surface area contributed by atoms with Gasteiger partial charge in [-0.15, -0.1) is 10.2 Å². The van der Waals surface area contributed by atoms with E-state index in [9.17, 15) is 5.11 Å². The molecular weight excluding hydrogens is 320 g/mol. The zero-order chi connectivity index (χ0) is 18.3. The van der Waals surface area contributed by atoms with Crippen molar-refractivity contribution in [2.75, 3.05) is 19.6 Å². The fraction of sp³-hybridized carbons (Fsp3) is 0.625. The first-order chi connectivity index (χ1) is 12.0. The van der Waals surface area contributed by atoms with Crippen LogP contribution in [-0.4, -0.2) is 55.2 Å². The molecule has 9 heteroatoms. The summed E-state index contributed by atoms with van der Waals surface area (Å²) in [5, 5.41) is 29.2. The molecule has 0 bridgehead atoms. The van der Waals surface area contributed by atoms with Crippen LogP contribution in [0.15, 0.2) is 23.7 Å². The summed E-state index contributed by atoms with van der Waals surface area (Å²) in [4.78, 5) is 4.50. The SMILES string of the molecule is CCNC(=NCC(C)(O)c1cnn(C)c1)NCCn1cnnc1CC. The van der Waals surface area contributed by atoms with E-state index in [1.54, 1.807) is 30.3 Å². The van der Waals surface area contributed by atoms with Crippen LogP contribution in [0.4, 0.5) is 0 Å². The summed E-state index contributed by atoms with van der Waals surface area (Å²) in [6.07, 6.45) is 6.04. The number of nitrogens with zero attached hydrogens (tertiary/aromatic N) is 6. The van der Waals surface area contributed by atoms with Crippen molar-refractivity contribution in [3.05, 3.63) is 30.1 Å². The van der Waals surface area contributed by atoms with Gasteiger partial charge in [0.2, 0.25) is 0 Å². The van der Waals surface area contributed by atoms with Gasteiger partial charge in [-0.1, -0.05) is 6.92 Å². The minimum absolute atomic E-state index is 0.237. The van der Waals surface area contributed by atoms with E-state index in [1.807, 2.05) is 18.5 Å². The van der Waals surface area contributed by atoms with Crippen LogP contribution in [-0.2, 0) is 25.6 Å². The van der Waals surface area contributed by atoms with Gasteiger partial charge >= 0.3 is 0 Å². The fourth-order valence-electron chi connectivity index (χ4n) is 2.40. The molecule has 2 heterocycles. The minimum Gasteiger partial charge on any atom is -0.383 e. The van der Waals surface area contributed by atoms with E-state index >= 15 is 0 Å². The molecule has 25 heavy (non-hydrogen) atoms. The van der Waals surface area contributed by atoms with Gasteiger partial charge in [0.25, 0.3) is 0 Å². The van der Waals surface area contributed by atoms with Crippen molar-refractivity contribution in [2.24, 2.45) is 12.0 Å². The first-order valence-corrected chi connectivity index (χ1v) is 8.56. The molecule has 0 aliphatic heterocycles. The Morgan fingerprint density at radius 3 is 2.80 bits per heavy atom. The van der Waals surface area contributed by atoms with Crippen molar-refractivity contribution >= 4 is 5.96 Å². The second kappa shape index (κ2) is 8.61. The van der Waals surface area contributed by atoms with Gasteiger partial charge in [-0.05, 0) is 13.8 Å². The molecule has 0 radical (unpaired) electrons. The molecule has 2 rings (SSSR count). The van der Waals surface area contributed by atoms with Gasteiger partial charge in [0.15, 0.2) is 5.96 Å². The molecule has 0 aromatic carbocycles. The standard InChI is InChI=1S/C16H28N8O/c1-5-14-22-20-12-24(14)8-7-18-15(17-6-2)19-11-16(3,25)13-9-21-23(4)10-13/h9-10,12,25H,5-8,11H2,1-4H3,(H2,17,18,19). The van der Waals surface area contributed by atoms with Crippen LogP contribution in [0, 0.1) is 0 Å². The molecule has 9 nitrogen and oxygen atoms in total. The highest BCUT2D eigenvalue weighted by molar-refractivity contribution is 5.79. The lowest BCUT2D eigenvalue weighted by molar-refractivity contribution is 0.0672. The van der Waals surface area contributed by atoms with E-state index in [0.29, 0.717) is 12.5 Å². The summed E-state index contributed by atoms with van der Waals surface area (Å²) in [6, 6.07) is 0. The molecule has 138 valence electrons. The van der Waals surface area contributed by atoms with Crippen LogP contribution in [0.5, 0.6) is 0 Å². The molecule has 2 aromatic heterocycles. The highest BCUT2D eigenvalue weighted by atomic mass is 16.3. The summed E-state index contributed by atoms with van der Waals surface area (Å²) < 4.78 is 3.68. The first kappa shape index (κ1) is 18.9. The quantitative estimate of drug-likeness (QED) is 0.459. The Morgan fingerprint density at radius 1 is 1.36 bits per heavy atom. The maximum absolute atomic E-state index is 10.6. The Morgan fingerprint density at radius 2 is 2.16 bits per heavy atom. The number of hydrogen-bond donors (Lipinski definition) is 3. The third kappa shape index (κ3) is 5.28. The number of aliphatic imine (C=N–C) groups is 1. The molecule has 0 spiro atoms. The van der Waals surface area contributed by atoms with Crippen LogP contribution >= 0.6 is 0 Å². The molecule has 0 saturated heterocycles. The minimum atomic E-state index is -1.07. The normalized spacial score (nSPS) is 14.4. The van der Waals surface area contributed by atoms with Gasteiger partial charge < -0.3 is 20.3 Å². The Hall–Kier alpha value is -2.42. The van der Waals surface area contributed by atoms with Crippen molar-refractivity contribution in [1.82, 2.24) is 35.2 Å². The highest BCUT2D eigenvalue weighted by Crippen LogP contribution is 2.19. The Kier molecular flexibility index (Phi) is 6.51. The van der Waals surface area contributed by atoms with Gasteiger partial charge in [0, 0.05) is 44.9 Å². The molecular formula is C16H28N8O. The van der Waals surface area contributed by atoms with E-state index < -0.39 is 5.60 Å². The predicted molar refractivity (Wildman–Crippen MR) is 96.2 cm³/mol. The van der Waals surface area contributed by atoms with Crippen molar-refractivity contribution in [1.29, 1.82) is 0 Å². The number of nitrogens with one attached hydrogen (secondary N) is 2.